The average molecular weight is 380 g/mol. The van der Waals surface area contributed by atoms with E-state index in [1.54, 1.807) is 24.3 Å². The van der Waals surface area contributed by atoms with Crippen molar-refractivity contribution in [3.63, 3.8) is 0 Å². The summed E-state index contributed by atoms with van der Waals surface area (Å²) in [5, 5.41) is 2.97. The minimum atomic E-state index is -0.452. The fraction of sp³-hybridized carbons (Fsp3) is 0.182. The molecule has 5 nitrogen and oxygen atoms in total. The molecule has 0 radical (unpaired) electrons. The first kappa shape index (κ1) is 19.4. The topological polar surface area (TPSA) is 58.6 Å². The van der Waals surface area contributed by atoms with Gasteiger partial charge in [0.15, 0.2) is 0 Å². The zero-order chi connectivity index (χ0) is 20.3. The van der Waals surface area contributed by atoms with Crippen LogP contribution in [-0.4, -0.2) is 29.4 Å². The van der Waals surface area contributed by atoms with Gasteiger partial charge in [0.1, 0.15) is 17.3 Å². The lowest BCUT2D eigenvalue weighted by atomic mass is 10.0. The Bertz CT molecular complexity index is 931. The lowest BCUT2D eigenvalue weighted by Crippen LogP contribution is -2.32. The number of hydrogen-bond acceptors (Lipinski definition) is 4. The van der Waals surface area contributed by atoms with Crippen LogP contribution < -0.4 is 10.1 Å². The molecule has 0 fully saturated rings. The zero-order valence-electron chi connectivity index (χ0n) is 15.7. The molecule has 2 aromatic rings. The number of hydrogen-bond donors (Lipinski definition) is 1. The highest BCUT2D eigenvalue weighted by molar-refractivity contribution is 6.36. The predicted molar refractivity (Wildman–Crippen MR) is 106 cm³/mol. The molecular formula is C22H21FN2O3. The van der Waals surface area contributed by atoms with E-state index in [9.17, 15) is 14.0 Å². The highest BCUT2D eigenvalue weighted by Gasteiger charge is 2.38. The van der Waals surface area contributed by atoms with Gasteiger partial charge in [0.2, 0.25) is 0 Å². The number of amides is 2. The molecule has 2 aromatic carbocycles. The SMILES string of the molecule is C=CCN1C(=O)C(Nc2ccc(F)cc2)=C(c2ccc(OC(C)C)cc2)C1=O. The molecule has 0 spiro atoms. The van der Waals surface area contributed by atoms with E-state index in [0.717, 1.165) is 4.90 Å². The van der Waals surface area contributed by atoms with Gasteiger partial charge in [-0.25, -0.2) is 4.39 Å². The van der Waals surface area contributed by atoms with Crippen molar-refractivity contribution < 1.29 is 18.7 Å². The zero-order valence-corrected chi connectivity index (χ0v) is 15.7. The number of carbonyl (C=O) groups is 2. The maximum atomic E-state index is 13.2. The molecule has 28 heavy (non-hydrogen) atoms. The second kappa shape index (κ2) is 8.08. The van der Waals surface area contributed by atoms with Crippen molar-refractivity contribution in [2.45, 2.75) is 20.0 Å². The highest BCUT2D eigenvalue weighted by atomic mass is 19.1. The van der Waals surface area contributed by atoms with Crippen LogP contribution in [0.2, 0.25) is 0 Å². The van der Waals surface area contributed by atoms with Gasteiger partial charge >= 0.3 is 0 Å². The standard InChI is InChI=1S/C22H21FN2O3/c1-4-13-25-21(26)19(15-5-11-18(12-6-15)28-14(2)3)20(22(25)27)24-17-9-7-16(23)8-10-17/h4-12,14,24H,1,13H2,2-3H3. The van der Waals surface area contributed by atoms with Crippen LogP contribution in [0, 0.1) is 5.82 Å². The van der Waals surface area contributed by atoms with Crippen molar-refractivity contribution in [3.8, 4) is 5.75 Å². The number of ether oxygens (including phenoxy) is 1. The molecule has 3 rings (SSSR count). The lowest BCUT2D eigenvalue weighted by molar-refractivity contribution is -0.136. The van der Waals surface area contributed by atoms with Gasteiger partial charge in [-0.15, -0.1) is 6.58 Å². The van der Waals surface area contributed by atoms with Crippen molar-refractivity contribution in [3.05, 3.63) is 78.3 Å². The molecule has 0 atom stereocenters. The van der Waals surface area contributed by atoms with Gasteiger partial charge in [0, 0.05) is 12.2 Å². The first-order valence-electron chi connectivity index (χ1n) is 8.91. The van der Waals surface area contributed by atoms with E-state index in [4.69, 9.17) is 4.74 Å². The molecule has 0 saturated heterocycles. The third-order valence-electron chi connectivity index (χ3n) is 4.11. The smallest absolute Gasteiger partial charge is 0.278 e. The summed E-state index contributed by atoms with van der Waals surface area (Å²) in [4.78, 5) is 26.8. The second-order valence-electron chi connectivity index (χ2n) is 6.58. The number of carbonyl (C=O) groups excluding carboxylic acids is 2. The Morgan fingerprint density at radius 3 is 2.29 bits per heavy atom. The molecule has 2 amide bonds. The Balaban J connectivity index is 2.00. The number of rotatable bonds is 7. The quantitative estimate of drug-likeness (QED) is 0.583. The molecule has 1 heterocycles. The van der Waals surface area contributed by atoms with Gasteiger partial charge in [-0.1, -0.05) is 18.2 Å². The summed E-state index contributed by atoms with van der Waals surface area (Å²) < 4.78 is 18.8. The van der Waals surface area contributed by atoms with Crippen LogP contribution in [0.4, 0.5) is 10.1 Å². The van der Waals surface area contributed by atoms with Crippen molar-refractivity contribution in [1.82, 2.24) is 4.90 Å². The molecule has 0 aromatic heterocycles. The van der Waals surface area contributed by atoms with Gasteiger partial charge in [-0.2, -0.15) is 0 Å². The summed E-state index contributed by atoms with van der Waals surface area (Å²) in [6.07, 6.45) is 1.52. The summed E-state index contributed by atoms with van der Waals surface area (Å²) in [5.74, 6) is -0.575. The molecule has 1 aliphatic rings. The summed E-state index contributed by atoms with van der Waals surface area (Å²) in [5.41, 5.74) is 1.50. The fourth-order valence-corrected chi connectivity index (χ4v) is 2.90. The molecule has 1 N–H and O–H groups in total. The molecule has 0 bridgehead atoms. The van der Waals surface area contributed by atoms with Crippen molar-refractivity contribution in [2.24, 2.45) is 0 Å². The minimum Gasteiger partial charge on any atom is -0.491 e. The van der Waals surface area contributed by atoms with E-state index in [-0.39, 0.29) is 29.7 Å². The third kappa shape index (κ3) is 3.96. The van der Waals surface area contributed by atoms with Crippen LogP contribution in [0.15, 0.2) is 66.9 Å². The molecule has 0 unspecified atom stereocenters. The molecule has 6 heteroatoms. The number of halogens is 1. The predicted octanol–water partition coefficient (Wildman–Crippen LogP) is 3.99. The average Bonchev–Trinajstić information content (AvgIpc) is 2.89. The first-order valence-corrected chi connectivity index (χ1v) is 8.91. The van der Waals surface area contributed by atoms with Crippen LogP contribution in [0.5, 0.6) is 5.75 Å². The van der Waals surface area contributed by atoms with Gasteiger partial charge in [0.25, 0.3) is 11.8 Å². The van der Waals surface area contributed by atoms with E-state index in [1.807, 2.05) is 13.8 Å². The van der Waals surface area contributed by atoms with E-state index >= 15 is 0 Å². The van der Waals surface area contributed by atoms with Crippen LogP contribution in [0.3, 0.4) is 0 Å². The lowest BCUT2D eigenvalue weighted by Gasteiger charge is -2.12. The normalized spacial score (nSPS) is 14.1. The molecule has 1 aliphatic heterocycles. The molecule has 0 saturated carbocycles. The summed E-state index contributed by atoms with van der Waals surface area (Å²) in [7, 11) is 0. The summed E-state index contributed by atoms with van der Waals surface area (Å²) >= 11 is 0. The fourth-order valence-electron chi connectivity index (χ4n) is 2.90. The van der Waals surface area contributed by atoms with Gasteiger partial charge in [-0.3, -0.25) is 14.5 Å². The first-order chi connectivity index (χ1) is 13.4. The Hall–Kier alpha value is -3.41. The van der Waals surface area contributed by atoms with Crippen LogP contribution in [0.1, 0.15) is 19.4 Å². The van der Waals surface area contributed by atoms with Crippen molar-refractivity contribution in [1.29, 1.82) is 0 Å². The Morgan fingerprint density at radius 1 is 1.07 bits per heavy atom. The van der Waals surface area contributed by atoms with Gasteiger partial charge in [0.05, 0.1) is 11.7 Å². The Kier molecular flexibility index (Phi) is 5.59. The van der Waals surface area contributed by atoms with Crippen molar-refractivity contribution in [2.75, 3.05) is 11.9 Å². The van der Waals surface area contributed by atoms with E-state index in [1.165, 1.54) is 30.3 Å². The molecule has 0 aliphatic carbocycles. The van der Waals surface area contributed by atoms with E-state index in [0.29, 0.717) is 17.0 Å². The number of benzene rings is 2. The minimum absolute atomic E-state index is 0.0264. The maximum absolute atomic E-state index is 13.2. The number of imide groups is 1. The summed E-state index contributed by atoms with van der Waals surface area (Å²) in [6.45, 7) is 7.56. The second-order valence-corrected chi connectivity index (χ2v) is 6.58. The monoisotopic (exact) mass is 380 g/mol. The number of nitrogens with zero attached hydrogens (tertiary/aromatic N) is 1. The summed E-state index contributed by atoms with van der Waals surface area (Å²) in [6, 6.07) is 12.6. The highest BCUT2D eigenvalue weighted by Crippen LogP contribution is 2.31. The Labute approximate surface area is 163 Å². The van der Waals surface area contributed by atoms with Crippen LogP contribution >= 0.6 is 0 Å². The third-order valence-corrected chi connectivity index (χ3v) is 4.11. The van der Waals surface area contributed by atoms with E-state index in [2.05, 4.69) is 11.9 Å². The number of anilines is 1. The molecule has 144 valence electrons. The van der Waals surface area contributed by atoms with Crippen LogP contribution in [-0.2, 0) is 9.59 Å². The van der Waals surface area contributed by atoms with Gasteiger partial charge < -0.3 is 10.1 Å². The number of nitrogens with one attached hydrogen (secondary N) is 1. The molecular weight excluding hydrogens is 359 g/mol. The van der Waals surface area contributed by atoms with Gasteiger partial charge in [-0.05, 0) is 55.8 Å². The Morgan fingerprint density at radius 2 is 1.71 bits per heavy atom. The largest absolute Gasteiger partial charge is 0.491 e. The van der Waals surface area contributed by atoms with E-state index < -0.39 is 11.8 Å². The van der Waals surface area contributed by atoms with Crippen LogP contribution in [0.25, 0.3) is 5.57 Å². The van der Waals surface area contributed by atoms with Crippen molar-refractivity contribution >= 4 is 23.1 Å². The maximum Gasteiger partial charge on any atom is 0.278 e.